The number of nitrogens with zero attached hydrogens (tertiary/aromatic N) is 4. The minimum absolute atomic E-state index is 0.142. The first-order valence-corrected chi connectivity index (χ1v) is 9.94. The van der Waals surface area contributed by atoms with Crippen molar-refractivity contribution in [3.05, 3.63) is 24.0 Å². The molecule has 0 aliphatic carbocycles. The molecule has 2 aromatic heterocycles. The normalized spacial score (nSPS) is 11.8. The quantitative estimate of drug-likeness (QED) is 0.454. The number of anilines is 1. The van der Waals surface area contributed by atoms with Gasteiger partial charge in [-0.15, -0.1) is 10.2 Å². The van der Waals surface area contributed by atoms with E-state index in [0.29, 0.717) is 17.9 Å². The van der Waals surface area contributed by atoms with Crippen LogP contribution >= 0.6 is 0 Å². The predicted molar refractivity (Wildman–Crippen MR) is 112 cm³/mol. The van der Waals surface area contributed by atoms with Gasteiger partial charge in [0.05, 0.1) is 18.1 Å². The molecule has 1 N–H and O–H groups in total. The zero-order valence-corrected chi connectivity index (χ0v) is 17.8. The molecule has 0 amide bonds. The van der Waals surface area contributed by atoms with Crippen LogP contribution in [-0.2, 0) is 9.53 Å². The van der Waals surface area contributed by atoms with Crippen molar-refractivity contribution in [2.75, 3.05) is 19.0 Å². The maximum Gasteiger partial charge on any atom is 0.306 e. The van der Waals surface area contributed by atoms with E-state index in [4.69, 9.17) is 14.5 Å². The van der Waals surface area contributed by atoms with E-state index in [-0.39, 0.29) is 5.97 Å². The number of esters is 1. The SMILES string of the molecule is COc1ccc2c(c1)nc(NCCCCCC(=O)OC(C)(C)C)c1nnc(C)n12. The highest BCUT2D eigenvalue weighted by Crippen LogP contribution is 2.25. The maximum atomic E-state index is 11.8. The highest BCUT2D eigenvalue weighted by Gasteiger charge is 2.16. The van der Waals surface area contributed by atoms with Crippen LogP contribution in [0.5, 0.6) is 5.75 Å². The minimum Gasteiger partial charge on any atom is -0.497 e. The van der Waals surface area contributed by atoms with Crippen molar-refractivity contribution in [3.63, 3.8) is 0 Å². The van der Waals surface area contributed by atoms with E-state index < -0.39 is 5.60 Å². The summed E-state index contributed by atoms with van der Waals surface area (Å²) >= 11 is 0. The molecule has 0 unspecified atom stereocenters. The van der Waals surface area contributed by atoms with Gasteiger partial charge >= 0.3 is 5.97 Å². The van der Waals surface area contributed by atoms with Crippen LogP contribution in [0.2, 0.25) is 0 Å². The largest absolute Gasteiger partial charge is 0.497 e. The van der Waals surface area contributed by atoms with Crippen LogP contribution in [0.4, 0.5) is 5.82 Å². The summed E-state index contributed by atoms with van der Waals surface area (Å²) in [7, 11) is 1.64. The molecular weight excluding hydrogens is 370 g/mol. The van der Waals surface area contributed by atoms with E-state index in [1.807, 2.05) is 50.3 Å². The number of aryl methyl sites for hydroxylation is 1. The molecule has 3 aromatic rings. The fraction of sp³-hybridized carbons (Fsp3) is 0.524. The number of carbonyl (C=O) groups is 1. The molecule has 8 heteroatoms. The zero-order valence-electron chi connectivity index (χ0n) is 17.8. The van der Waals surface area contributed by atoms with Crippen LogP contribution < -0.4 is 10.1 Å². The fourth-order valence-electron chi connectivity index (χ4n) is 3.17. The molecular formula is C21H29N5O3. The average Bonchev–Trinajstić information content (AvgIpc) is 3.04. The topological polar surface area (TPSA) is 90.6 Å². The van der Waals surface area contributed by atoms with Crippen molar-refractivity contribution < 1.29 is 14.3 Å². The Kier molecular flexibility index (Phi) is 6.20. The molecule has 0 radical (unpaired) electrons. The molecule has 156 valence electrons. The number of methoxy groups -OCH3 is 1. The molecule has 0 saturated carbocycles. The summed E-state index contributed by atoms with van der Waals surface area (Å²) in [5.74, 6) is 2.11. The summed E-state index contributed by atoms with van der Waals surface area (Å²) in [6.45, 7) is 8.30. The Labute approximate surface area is 170 Å². The lowest BCUT2D eigenvalue weighted by atomic mass is 10.1. The van der Waals surface area contributed by atoms with Gasteiger partial charge in [-0.25, -0.2) is 4.98 Å². The van der Waals surface area contributed by atoms with E-state index in [1.165, 1.54) is 0 Å². The van der Waals surface area contributed by atoms with Crippen molar-refractivity contribution in [1.82, 2.24) is 19.6 Å². The molecule has 2 heterocycles. The predicted octanol–water partition coefficient (Wildman–Crippen LogP) is 3.91. The van der Waals surface area contributed by atoms with E-state index in [2.05, 4.69) is 15.5 Å². The summed E-state index contributed by atoms with van der Waals surface area (Å²) in [4.78, 5) is 16.5. The first-order valence-electron chi connectivity index (χ1n) is 9.94. The molecule has 0 atom stereocenters. The first-order chi connectivity index (χ1) is 13.8. The zero-order chi connectivity index (χ0) is 21.0. The third kappa shape index (κ3) is 5.13. The van der Waals surface area contributed by atoms with Gasteiger partial charge in [0.1, 0.15) is 17.2 Å². The van der Waals surface area contributed by atoms with Crippen LogP contribution in [0, 0.1) is 6.92 Å². The Hall–Kier alpha value is -2.90. The van der Waals surface area contributed by atoms with Gasteiger partial charge in [0.25, 0.3) is 0 Å². The third-order valence-corrected chi connectivity index (χ3v) is 4.46. The minimum atomic E-state index is -0.426. The molecule has 0 aliphatic heterocycles. The standard InChI is InChI=1S/C21H29N5O3/c1-14-24-25-20-19(22-12-8-6-7-9-18(27)29-21(2,3)4)23-16-13-15(28-5)10-11-17(16)26(14)20/h10-11,13H,6-9,12H2,1-5H3,(H,22,23). The summed E-state index contributed by atoms with van der Waals surface area (Å²) in [5, 5.41) is 11.8. The Morgan fingerprint density at radius 3 is 2.69 bits per heavy atom. The lowest BCUT2D eigenvalue weighted by Gasteiger charge is -2.19. The highest BCUT2D eigenvalue weighted by molar-refractivity contribution is 5.84. The van der Waals surface area contributed by atoms with Crippen molar-refractivity contribution in [1.29, 1.82) is 0 Å². The van der Waals surface area contributed by atoms with Crippen LogP contribution in [0.15, 0.2) is 18.2 Å². The molecule has 0 fully saturated rings. The van der Waals surface area contributed by atoms with E-state index >= 15 is 0 Å². The number of hydrogen-bond donors (Lipinski definition) is 1. The van der Waals surface area contributed by atoms with Crippen molar-refractivity contribution in [2.45, 2.75) is 59.0 Å². The number of aromatic nitrogens is 4. The van der Waals surface area contributed by atoms with Crippen LogP contribution in [0.25, 0.3) is 16.7 Å². The Morgan fingerprint density at radius 1 is 1.17 bits per heavy atom. The molecule has 8 nitrogen and oxygen atoms in total. The number of ether oxygens (including phenoxy) is 2. The third-order valence-electron chi connectivity index (χ3n) is 4.46. The summed E-state index contributed by atoms with van der Waals surface area (Å²) in [6, 6.07) is 5.77. The van der Waals surface area contributed by atoms with Gasteiger partial charge in [-0.05, 0) is 52.7 Å². The van der Waals surface area contributed by atoms with Crippen molar-refractivity contribution in [3.8, 4) is 5.75 Å². The molecule has 1 aromatic carbocycles. The van der Waals surface area contributed by atoms with Gasteiger partial charge in [-0.3, -0.25) is 9.20 Å². The second kappa shape index (κ2) is 8.63. The summed E-state index contributed by atoms with van der Waals surface area (Å²) in [5.41, 5.74) is 2.03. The number of unbranched alkanes of at least 4 members (excludes halogenated alkanes) is 2. The summed E-state index contributed by atoms with van der Waals surface area (Å²) < 4.78 is 12.6. The first kappa shape index (κ1) is 20.8. The number of benzene rings is 1. The van der Waals surface area contributed by atoms with Gasteiger partial charge in [0, 0.05) is 19.0 Å². The van der Waals surface area contributed by atoms with Crippen LogP contribution in [-0.4, -0.2) is 44.8 Å². The van der Waals surface area contributed by atoms with Gasteiger partial charge in [0.2, 0.25) is 5.65 Å². The molecule has 0 spiro atoms. The number of nitrogens with one attached hydrogen (secondary N) is 1. The second-order valence-electron chi connectivity index (χ2n) is 8.05. The highest BCUT2D eigenvalue weighted by atomic mass is 16.6. The van der Waals surface area contributed by atoms with Gasteiger partial charge in [-0.1, -0.05) is 6.42 Å². The summed E-state index contributed by atoms with van der Waals surface area (Å²) in [6.07, 6.45) is 3.09. The maximum absolute atomic E-state index is 11.8. The average molecular weight is 399 g/mol. The van der Waals surface area contributed by atoms with Crippen molar-refractivity contribution in [2.24, 2.45) is 0 Å². The Balaban J connectivity index is 1.62. The van der Waals surface area contributed by atoms with E-state index in [1.54, 1.807) is 7.11 Å². The lowest BCUT2D eigenvalue weighted by Crippen LogP contribution is -2.23. The van der Waals surface area contributed by atoms with Gasteiger partial charge in [-0.2, -0.15) is 0 Å². The number of hydrogen-bond acceptors (Lipinski definition) is 7. The second-order valence-corrected chi connectivity index (χ2v) is 8.05. The Morgan fingerprint density at radius 2 is 1.97 bits per heavy atom. The molecule has 3 rings (SSSR count). The van der Waals surface area contributed by atoms with Crippen LogP contribution in [0.1, 0.15) is 52.3 Å². The fourth-order valence-corrected chi connectivity index (χ4v) is 3.17. The lowest BCUT2D eigenvalue weighted by molar-refractivity contribution is -0.154. The molecule has 0 saturated heterocycles. The molecule has 29 heavy (non-hydrogen) atoms. The van der Waals surface area contributed by atoms with Crippen molar-refractivity contribution >= 4 is 28.5 Å². The Bertz CT molecular complexity index is 1010. The monoisotopic (exact) mass is 399 g/mol. The smallest absolute Gasteiger partial charge is 0.306 e. The van der Waals surface area contributed by atoms with Gasteiger partial charge < -0.3 is 14.8 Å². The van der Waals surface area contributed by atoms with E-state index in [9.17, 15) is 4.79 Å². The van der Waals surface area contributed by atoms with Gasteiger partial charge in [0.15, 0.2) is 5.82 Å². The number of carbonyl (C=O) groups excluding carboxylic acids is 1. The molecule has 0 bridgehead atoms. The number of fused-ring (bicyclic) bond motifs is 3. The van der Waals surface area contributed by atoms with E-state index in [0.717, 1.165) is 48.4 Å². The number of rotatable bonds is 8. The molecule has 0 aliphatic rings. The van der Waals surface area contributed by atoms with Crippen LogP contribution in [0.3, 0.4) is 0 Å².